The summed E-state index contributed by atoms with van der Waals surface area (Å²) in [6.45, 7) is 1.25. The van der Waals surface area contributed by atoms with Crippen LogP contribution >= 0.6 is 0 Å². The molecule has 1 aliphatic rings. The largest absolute Gasteiger partial charge is 0.493 e. The van der Waals surface area contributed by atoms with Gasteiger partial charge in [0.05, 0.1) is 20.8 Å². The highest BCUT2D eigenvalue weighted by atomic mass is 19.1. The Labute approximate surface area is 150 Å². The van der Waals surface area contributed by atoms with E-state index in [1.54, 1.807) is 14.2 Å². The van der Waals surface area contributed by atoms with Crippen molar-refractivity contribution in [2.45, 2.75) is 13.0 Å². The molecule has 0 fully saturated rings. The number of para-hydroxylation sites is 1. The number of nitrogens with zero attached hydrogens (tertiary/aromatic N) is 1. The number of methoxy groups -OCH3 is 2. The molecule has 7 heteroatoms. The molecule has 3 rings (SSSR count). The zero-order valence-electron chi connectivity index (χ0n) is 14.6. The van der Waals surface area contributed by atoms with Crippen LogP contribution in [0.4, 0.5) is 14.5 Å². The normalized spacial score (nSPS) is 13.8. The van der Waals surface area contributed by atoms with Crippen LogP contribution in [0.1, 0.15) is 11.1 Å². The van der Waals surface area contributed by atoms with Crippen LogP contribution in [0.2, 0.25) is 0 Å². The molecule has 0 aliphatic carbocycles. The molecule has 0 bridgehead atoms. The van der Waals surface area contributed by atoms with Gasteiger partial charge in [0.2, 0.25) is 5.91 Å². The van der Waals surface area contributed by atoms with Crippen molar-refractivity contribution in [3.8, 4) is 11.5 Å². The Morgan fingerprint density at radius 2 is 1.73 bits per heavy atom. The van der Waals surface area contributed by atoms with Crippen LogP contribution in [-0.2, 0) is 17.8 Å². The van der Waals surface area contributed by atoms with Gasteiger partial charge in [0.15, 0.2) is 11.5 Å². The van der Waals surface area contributed by atoms with E-state index >= 15 is 0 Å². The molecule has 0 radical (unpaired) electrons. The number of carbonyl (C=O) groups is 1. The minimum absolute atomic E-state index is 0.0432. The summed E-state index contributed by atoms with van der Waals surface area (Å²) >= 11 is 0. The van der Waals surface area contributed by atoms with Gasteiger partial charge in [-0.15, -0.1) is 0 Å². The minimum atomic E-state index is -0.792. The van der Waals surface area contributed by atoms with E-state index in [9.17, 15) is 13.6 Å². The van der Waals surface area contributed by atoms with Gasteiger partial charge >= 0.3 is 0 Å². The lowest BCUT2D eigenvalue weighted by Gasteiger charge is -2.29. The summed E-state index contributed by atoms with van der Waals surface area (Å²) in [7, 11) is 3.16. The number of anilines is 1. The van der Waals surface area contributed by atoms with Gasteiger partial charge in [0, 0.05) is 13.1 Å². The molecule has 1 aliphatic heterocycles. The van der Waals surface area contributed by atoms with Crippen LogP contribution in [0.15, 0.2) is 30.3 Å². The Morgan fingerprint density at radius 3 is 2.35 bits per heavy atom. The van der Waals surface area contributed by atoms with Crippen molar-refractivity contribution >= 4 is 11.6 Å². The number of halogens is 2. The van der Waals surface area contributed by atoms with E-state index in [0.29, 0.717) is 24.6 Å². The van der Waals surface area contributed by atoms with E-state index in [1.807, 2.05) is 17.0 Å². The molecule has 0 unspecified atom stereocenters. The fourth-order valence-electron chi connectivity index (χ4n) is 3.08. The molecule has 2 aromatic carbocycles. The van der Waals surface area contributed by atoms with E-state index in [1.165, 1.54) is 6.07 Å². The maximum absolute atomic E-state index is 13.6. The molecule has 0 atom stereocenters. The molecule has 0 aromatic heterocycles. The number of rotatable bonds is 5. The number of fused-ring (bicyclic) bond motifs is 1. The van der Waals surface area contributed by atoms with Crippen LogP contribution in [0, 0.1) is 11.6 Å². The number of nitrogens with one attached hydrogen (secondary N) is 1. The molecular formula is C19H20F2N2O3. The van der Waals surface area contributed by atoms with Crippen molar-refractivity contribution in [3.05, 3.63) is 53.1 Å². The van der Waals surface area contributed by atoms with Crippen molar-refractivity contribution in [2.75, 3.05) is 32.6 Å². The first kappa shape index (κ1) is 18.1. The van der Waals surface area contributed by atoms with E-state index < -0.39 is 23.2 Å². The first-order chi connectivity index (χ1) is 12.5. The van der Waals surface area contributed by atoms with E-state index in [-0.39, 0.29) is 6.54 Å². The Morgan fingerprint density at radius 1 is 1.12 bits per heavy atom. The quantitative estimate of drug-likeness (QED) is 0.889. The van der Waals surface area contributed by atoms with Gasteiger partial charge in [0.25, 0.3) is 0 Å². The first-order valence-electron chi connectivity index (χ1n) is 8.21. The third-order valence-corrected chi connectivity index (χ3v) is 4.39. The van der Waals surface area contributed by atoms with Gasteiger partial charge in [-0.1, -0.05) is 6.07 Å². The summed E-state index contributed by atoms with van der Waals surface area (Å²) in [5, 5.41) is 2.32. The van der Waals surface area contributed by atoms with Crippen molar-refractivity contribution in [1.82, 2.24) is 4.90 Å². The van der Waals surface area contributed by atoms with Crippen molar-refractivity contribution in [3.63, 3.8) is 0 Å². The Hall–Kier alpha value is -2.67. The molecule has 0 saturated carbocycles. The Bertz CT molecular complexity index is 806. The SMILES string of the molecule is COc1cc2c(cc1OC)CN(CC(=O)Nc1c(F)cccc1F)CC2. The molecule has 2 aromatic rings. The number of hydrogen-bond donors (Lipinski definition) is 1. The van der Waals surface area contributed by atoms with Crippen molar-refractivity contribution in [1.29, 1.82) is 0 Å². The predicted molar refractivity (Wildman–Crippen MR) is 93.5 cm³/mol. The molecule has 1 N–H and O–H groups in total. The van der Waals surface area contributed by atoms with Crippen LogP contribution in [0.3, 0.4) is 0 Å². The number of amides is 1. The molecule has 138 valence electrons. The van der Waals surface area contributed by atoms with Crippen LogP contribution in [-0.4, -0.2) is 38.1 Å². The number of benzene rings is 2. The molecule has 1 heterocycles. The summed E-state index contributed by atoms with van der Waals surface area (Å²) in [6, 6.07) is 7.31. The number of ether oxygens (including phenoxy) is 2. The predicted octanol–water partition coefficient (Wildman–Crippen LogP) is 2.98. The third-order valence-electron chi connectivity index (χ3n) is 4.39. The van der Waals surface area contributed by atoms with Gasteiger partial charge in [-0.2, -0.15) is 0 Å². The van der Waals surface area contributed by atoms with E-state index in [2.05, 4.69) is 5.32 Å². The zero-order valence-corrected chi connectivity index (χ0v) is 14.6. The van der Waals surface area contributed by atoms with Crippen molar-refractivity contribution < 1.29 is 23.0 Å². The summed E-state index contributed by atoms with van der Waals surface area (Å²) in [5.74, 6) is -0.741. The fourth-order valence-corrected chi connectivity index (χ4v) is 3.08. The summed E-state index contributed by atoms with van der Waals surface area (Å²) in [6.07, 6.45) is 0.747. The smallest absolute Gasteiger partial charge is 0.238 e. The Balaban J connectivity index is 1.68. The first-order valence-corrected chi connectivity index (χ1v) is 8.21. The summed E-state index contributed by atoms with van der Waals surface area (Å²) < 4.78 is 37.9. The maximum atomic E-state index is 13.6. The minimum Gasteiger partial charge on any atom is -0.493 e. The topological polar surface area (TPSA) is 50.8 Å². The highest BCUT2D eigenvalue weighted by molar-refractivity contribution is 5.92. The summed E-state index contributed by atoms with van der Waals surface area (Å²) in [4.78, 5) is 14.1. The average molecular weight is 362 g/mol. The number of hydrogen-bond acceptors (Lipinski definition) is 4. The molecule has 1 amide bonds. The average Bonchev–Trinajstić information content (AvgIpc) is 2.63. The molecule has 0 saturated heterocycles. The van der Waals surface area contributed by atoms with Gasteiger partial charge < -0.3 is 14.8 Å². The second kappa shape index (κ2) is 7.70. The third kappa shape index (κ3) is 3.77. The number of carbonyl (C=O) groups excluding carboxylic acids is 1. The highest BCUT2D eigenvalue weighted by Crippen LogP contribution is 2.33. The van der Waals surface area contributed by atoms with Crippen LogP contribution in [0.25, 0.3) is 0 Å². The van der Waals surface area contributed by atoms with Gasteiger partial charge in [-0.25, -0.2) is 8.78 Å². The van der Waals surface area contributed by atoms with E-state index in [4.69, 9.17) is 9.47 Å². The van der Waals surface area contributed by atoms with Gasteiger partial charge in [-0.3, -0.25) is 9.69 Å². The maximum Gasteiger partial charge on any atom is 0.238 e. The second-order valence-electron chi connectivity index (χ2n) is 6.08. The molecule has 26 heavy (non-hydrogen) atoms. The second-order valence-corrected chi connectivity index (χ2v) is 6.08. The lowest BCUT2D eigenvalue weighted by atomic mass is 9.99. The van der Waals surface area contributed by atoms with Crippen LogP contribution < -0.4 is 14.8 Å². The molecule has 5 nitrogen and oxygen atoms in total. The highest BCUT2D eigenvalue weighted by Gasteiger charge is 2.22. The zero-order chi connectivity index (χ0) is 18.7. The monoisotopic (exact) mass is 362 g/mol. The van der Waals surface area contributed by atoms with Gasteiger partial charge in [-0.05, 0) is 41.8 Å². The standard InChI is InChI=1S/C19H20F2N2O3/c1-25-16-8-12-6-7-23(10-13(12)9-17(16)26-2)11-18(24)22-19-14(20)4-3-5-15(19)21/h3-5,8-9H,6-7,10-11H2,1-2H3,(H,22,24). The molecule has 0 spiro atoms. The van der Waals surface area contributed by atoms with Crippen LogP contribution in [0.5, 0.6) is 11.5 Å². The fraction of sp³-hybridized carbons (Fsp3) is 0.316. The van der Waals surface area contributed by atoms with Crippen molar-refractivity contribution in [2.24, 2.45) is 0 Å². The Kier molecular flexibility index (Phi) is 5.37. The lowest BCUT2D eigenvalue weighted by molar-refractivity contribution is -0.117. The molecular weight excluding hydrogens is 342 g/mol. The van der Waals surface area contributed by atoms with E-state index in [0.717, 1.165) is 29.7 Å². The van der Waals surface area contributed by atoms with Gasteiger partial charge in [0.1, 0.15) is 17.3 Å². The summed E-state index contributed by atoms with van der Waals surface area (Å²) in [5.41, 5.74) is 1.76. The lowest BCUT2D eigenvalue weighted by Crippen LogP contribution is -2.37.